The van der Waals surface area contributed by atoms with Crippen LogP contribution in [-0.4, -0.2) is 33.4 Å². The van der Waals surface area contributed by atoms with E-state index in [-0.39, 0.29) is 0 Å². The highest BCUT2D eigenvalue weighted by molar-refractivity contribution is 4.45. The van der Waals surface area contributed by atoms with Crippen LogP contribution in [0.3, 0.4) is 0 Å². The van der Waals surface area contributed by atoms with Crippen LogP contribution >= 0.6 is 0 Å². The van der Waals surface area contributed by atoms with Gasteiger partial charge in [0.15, 0.2) is 0 Å². The van der Waals surface area contributed by atoms with Gasteiger partial charge in [-0.05, 0) is 13.0 Å². The summed E-state index contributed by atoms with van der Waals surface area (Å²) < 4.78 is 4.81. The quantitative estimate of drug-likeness (QED) is 0.511. The molecule has 0 fully saturated rings. The van der Waals surface area contributed by atoms with Crippen LogP contribution in [0.2, 0.25) is 0 Å². The molecule has 0 aliphatic carbocycles. The normalized spacial score (nSPS) is 10.0. The highest BCUT2D eigenvalue weighted by atomic mass is 16.5. The average Bonchev–Trinajstić information content (AvgIpc) is 1.89. The molecule has 0 aliphatic rings. The van der Waals surface area contributed by atoms with Crippen molar-refractivity contribution >= 4 is 0 Å². The van der Waals surface area contributed by atoms with Crippen molar-refractivity contribution in [1.29, 1.82) is 0 Å². The monoisotopic (exact) mass is 131 g/mol. The average molecular weight is 131 g/mol. The molecular weight excluding hydrogens is 116 g/mol. The molecule has 3 heteroatoms. The molecule has 1 radical (unpaired) electrons. The van der Waals surface area contributed by atoms with Gasteiger partial charge in [0.1, 0.15) is 0 Å². The molecule has 2 N–H and O–H groups in total. The molecule has 0 aromatic heterocycles. The van der Waals surface area contributed by atoms with E-state index in [0.29, 0.717) is 6.54 Å². The second kappa shape index (κ2) is 7.88. The van der Waals surface area contributed by atoms with E-state index < -0.39 is 0 Å². The fourth-order valence-electron chi connectivity index (χ4n) is 0.513. The summed E-state index contributed by atoms with van der Waals surface area (Å²) in [5.74, 6) is 0. The number of ether oxygens (including phenoxy) is 1. The molecule has 55 valence electrons. The molecule has 0 spiro atoms. The Labute approximate surface area is 56.6 Å². The van der Waals surface area contributed by atoms with E-state index in [1.807, 2.05) is 0 Å². The van der Waals surface area contributed by atoms with Crippen LogP contribution in [0.15, 0.2) is 0 Å². The lowest BCUT2D eigenvalue weighted by atomic mass is 10.4. The highest BCUT2D eigenvalue weighted by Crippen LogP contribution is 1.70. The number of hydrogen-bond donors (Lipinski definition) is 1. The third-order valence-electron chi connectivity index (χ3n) is 1.01. The summed E-state index contributed by atoms with van der Waals surface area (Å²) in [6.45, 7) is 3.11. The molecule has 9 heavy (non-hydrogen) atoms. The minimum atomic E-state index is 0.514. The fraction of sp³-hybridized carbons (Fsp3) is 1.00. The first-order valence-electron chi connectivity index (χ1n) is 3.26. The first-order valence-corrected chi connectivity index (χ1v) is 3.26. The van der Waals surface area contributed by atoms with Crippen molar-refractivity contribution in [2.75, 3.05) is 33.4 Å². The Bertz CT molecular complexity index is 44.3. The lowest BCUT2D eigenvalue weighted by Gasteiger charge is -2.00. The molecule has 0 aromatic carbocycles. The lowest BCUT2D eigenvalue weighted by Crippen LogP contribution is -2.20. The number of methoxy groups -OCH3 is 1. The van der Waals surface area contributed by atoms with Crippen LogP contribution in [0.5, 0.6) is 0 Å². The Balaban J connectivity index is 2.60. The maximum Gasteiger partial charge on any atom is 0.0587 e. The van der Waals surface area contributed by atoms with E-state index in [1.165, 1.54) is 0 Å². The fourth-order valence-corrected chi connectivity index (χ4v) is 0.513. The van der Waals surface area contributed by atoms with Crippen molar-refractivity contribution in [2.45, 2.75) is 6.42 Å². The van der Waals surface area contributed by atoms with E-state index in [0.717, 1.165) is 26.1 Å². The largest absolute Gasteiger partial charge is 0.383 e. The molecule has 0 amide bonds. The topological polar surface area (TPSA) is 45.1 Å². The van der Waals surface area contributed by atoms with E-state index in [9.17, 15) is 0 Å². The van der Waals surface area contributed by atoms with Crippen molar-refractivity contribution in [1.82, 2.24) is 11.1 Å². The molecule has 0 aromatic rings. The van der Waals surface area contributed by atoms with Crippen molar-refractivity contribution in [3.8, 4) is 0 Å². The van der Waals surface area contributed by atoms with Gasteiger partial charge in [-0.3, -0.25) is 5.73 Å². The smallest absolute Gasteiger partial charge is 0.0587 e. The zero-order valence-corrected chi connectivity index (χ0v) is 5.94. The molecule has 3 nitrogen and oxygen atoms in total. The van der Waals surface area contributed by atoms with Crippen molar-refractivity contribution < 1.29 is 4.74 Å². The first-order chi connectivity index (χ1) is 4.41. The van der Waals surface area contributed by atoms with Gasteiger partial charge >= 0.3 is 0 Å². The molecule has 0 bridgehead atoms. The Morgan fingerprint density at radius 2 is 2.22 bits per heavy atom. The van der Waals surface area contributed by atoms with Crippen LogP contribution < -0.4 is 11.1 Å². The molecule has 0 aliphatic heterocycles. The summed E-state index contributed by atoms with van der Waals surface area (Å²) in [5, 5.41) is 3.14. The SMILES string of the molecule is COCCNCCC[NH]. The predicted octanol–water partition coefficient (Wildman–Crippen LogP) is -0.105. The van der Waals surface area contributed by atoms with Crippen molar-refractivity contribution in [2.24, 2.45) is 0 Å². The van der Waals surface area contributed by atoms with Gasteiger partial charge in [0, 0.05) is 20.2 Å². The molecule has 0 atom stereocenters. The van der Waals surface area contributed by atoms with Gasteiger partial charge in [0.05, 0.1) is 6.61 Å². The van der Waals surface area contributed by atoms with Crippen LogP contribution in [0.4, 0.5) is 0 Å². The second-order valence-electron chi connectivity index (χ2n) is 1.85. The predicted molar refractivity (Wildman–Crippen MR) is 37.3 cm³/mol. The van der Waals surface area contributed by atoms with Crippen LogP contribution in [0.25, 0.3) is 0 Å². The second-order valence-corrected chi connectivity index (χ2v) is 1.85. The maximum atomic E-state index is 6.81. The number of nitrogens with one attached hydrogen (secondary N) is 2. The number of hydrogen-bond acceptors (Lipinski definition) is 2. The molecular formula is C6H15N2O. The standard InChI is InChI=1S/C6H15N2O/c1-9-6-5-8-4-2-3-7/h7-8H,2-6H2,1H3. The minimum absolute atomic E-state index is 0.514. The van der Waals surface area contributed by atoms with Crippen molar-refractivity contribution in [3.63, 3.8) is 0 Å². The van der Waals surface area contributed by atoms with E-state index >= 15 is 0 Å². The van der Waals surface area contributed by atoms with Crippen LogP contribution in [-0.2, 0) is 4.74 Å². The lowest BCUT2D eigenvalue weighted by molar-refractivity contribution is 0.199. The zero-order valence-electron chi connectivity index (χ0n) is 5.94. The van der Waals surface area contributed by atoms with Crippen LogP contribution in [0, 0.1) is 0 Å². The van der Waals surface area contributed by atoms with Gasteiger partial charge in [-0.1, -0.05) is 0 Å². The van der Waals surface area contributed by atoms with Gasteiger partial charge in [-0.2, -0.15) is 0 Å². The first kappa shape index (κ1) is 8.88. The summed E-state index contributed by atoms with van der Waals surface area (Å²) >= 11 is 0. The Morgan fingerprint density at radius 1 is 1.44 bits per heavy atom. The van der Waals surface area contributed by atoms with Gasteiger partial charge < -0.3 is 10.1 Å². The summed E-state index contributed by atoms with van der Waals surface area (Å²) in [6.07, 6.45) is 0.934. The molecule has 0 rings (SSSR count). The molecule has 0 saturated carbocycles. The third kappa shape index (κ3) is 7.88. The molecule has 0 saturated heterocycles. The summed E-state index contributed by atoms with van der Waals surface area (Å²) in [4.78, 5) is 0. The highest BCUT2D eigenvalue weighted by Gasteiger charge is 1.83. The van der Waals surface area contributed by atoms with Gasteiger partial charge in [-0.25, -0.2) is 0 Å². The van der Waals surface area contributed by atoms with Crippen LogP contribution in [0.1, 0.15) is 6.42 Å². The van der Waals surface area contributed by atoms with Gasteiger partial charge in [-0.15, -0.1) is 0 Å². The minimum Gasteiger partial charge on any atom is -0.383 e. The van der Waals surface area contributed by atoms with Gasteiger partial charge in [0.25, 0.3) is 0 Å². The summed E-state index contributed by atoms with van der Waals surface area (Å²) in [6, 6.07) is 0. The molecule has 0 unspecified atom stereocenters. The van der Waals surface area contributed by atoms with E-state index in [1.54, 1.807) is 7.11 Å². The van der Waals surface area contributed by atoms with Gasteiger partial charge in [0.2, 0.25) is 0 Å². The Kier molecular flexibility index (Phi) is 7.77. The summed E-state index contributed by atoms with van der Waals surface area (Å²) in [7, 11) is 1.69. The van der Waals surface area contributed by atoms with E-state index in [2.05, 4.69) is 5.32 Å². The number of rotatable bonds is 6. The van der Waals surface area contributed by atoms with Crippen molar-refractivity contribution in [3.05, 3.63) is 0 Å². The maximum absolute atomic E-state index is 6.81. The zero-order chi connectivity index (χ0) is 6.95. The third-order valence-corrected chi connectivity index (χ3v) is 1.01. The molecule has 0 heterocycles. The summed E-state index contributed by atoms with van der Waals surface area (Å²) in [5.41, 5.74) is 6.81. The Hall–Kier alpha value is -0.120. The van der Waals surface area contributed by atoms with E-state index in [4.69, 9.17) is 10.5 Å². The Morgan fingerprint density at radius 3 is 2.78 bits per heavy atom.